The number of benzene rings is 1. The summed E-state index contributed by atoms with van der Waals surface area (Å²) in [6, 6.07) is 9.04. The third kappa shape index (κ3) is 3.93. The molecule has 1 aromatic rings. The maximum absolute atomic E-state index is 12.1. The minimum absolute atomic E-state index is 0.177. The Bertz CT molecular complexity index is 632. The van der Waals surface area contributed by atoms with Gasteiger partial charge in [0.05, 0.1) is 19.1 Å². The maximum Gasteiger partial charge on any atom is 0.407 e. The zero-order valence-electron chi connectivity index (χ0n) is 14.6. The number of esters is 1. The minimum atomic E-state index is -0.810. The fourth-order valence-corrected chi connectivity index (χ4v) is 3.42. The number of ether oxygens (including phenoxy) is 4. The van der Waals surface area contributed by atoms with Crippen LogP contribution >= 0.6 is 0 Å². The summed E-state index contributed by atoms with van der Waals surface area (Å²) in [6.07, 6.45) is -1.02. The molecule has 2 aliphatic rings. The molecule has 0 bridgehead atoms. The topological polar surface area (TPSA) is 83.1 Å². The number of methoxy groups -OCH3 is 1. The lowest BCUT2D eigenvalue weighted by Crippen LogP contribution is -2.43. The van der Waals surface area contributed by atoms with Gasteiger partial charge in [-0.05, 0) is 25.8 Å². The molecule has 1 aliphatic carbocycles. The molecular formula is C18H23NO6. The first-order valence-electron chi connectivity index (χ1n) is 8.30. The van der Waals surface area contributed by atoms with Crippen molar-refractivity contribution in [3.63, 3.8) is 0 Å². The molecule has 1 amide bonds. The standard InChI is InChI=1S/C18H23NO6/c1-18(2)24-14-12(16(20)22-3)9-13(15(14)25-18)19-17(21)23-10-11-7-5-4-6-8-11/h4-8,12-15H,9-10H2,1-3H3,(H,19,21)/t12-,13+,14-,15+/m1/s1. The predicted octanol–water partition coefficient (Wildman–Crippen LogP) is 1.99. The fourth-order valence-electron chi connectivity index (χ4n) is 3.42. The normalized spacial score (nSPS) is 29.7. The highest BCUT2D eigenvalue weighted by molar-refractivity contribution is 5.74. The summed E-state index contributed by atoms with van der Waals surface area (Å²) in [5, 5.41) is 2.79. The number of carbonyl (C=O) groups excluding carboxylic acids is 2. The predicted molar refractivity (Wildman–Crippen MR) is 87.5 cm³/mol. The molecule has 1 aromatic carbocycles. The van der Waals surface area contributed by atoms with Crippen molar-refractivity contribution in [2.45, 2.75) is 50.9 Å². The van der Waals surface area contributed by atoms with E-state index in [-0.39, 0.29) is 18.6 Å². The Morgan fingerprint density at radius 2 is 1.88 bits per heavy atom. The van der Waals surface area contributed by atoms with Crippen LogP contribution in [-0.4, -0.2) is 43.2 Å². The summed E-state index contributed by atoms with van der Waals surface area (Å²) in [6.45, 7) is 3.74. The Hall–Kier alpha value is -2.12. The van der Waals surface area contributed by atoms with Crippen molar-refractivity contribution in [2.75, 3.05) is 7.11 Å². The quantitative estimate of drug-likeness (QED) is 0.837. The third-order valence-corrected chi connectivity index (χ3v) is 4.48. The molecule has 1 aliphatic heterocycles. The summed E-state index contributed by atoms with van der Waals surface area (Å²) in [4.78, 5) is 24.1. The molecule has 0 radical (unpaired) electrons. The highest BCUT2D eigenvalue weighted by atomic mass is 16.8. The molecule has 1 saturated heterocycles. The summed E-state index contributed by atoms with van der Waals surface area (Å²) < 4.78 is 21.8. The van der Waals surface area contributed by atoms with Crippen LogP contribution < -0.4 is 5.32 Å². The van der Waals surface area contributed by atoms with E-state index in [2.05, 4.69) is 5.32 Å². The zero-order valence-corrected chi connectivity index (χ0v) is 14.6. The Morgan fingerprint density at radius 1 is 1.20 bits per heavy atom. The van der Waals surface area contributed by atoms with Gasteiger partial charge in [-0.3, -0.25) is 4.79 Å². The smallest absolute Gasteiger partial charge is 0.407 e. The van der Waals surface area contributed by atoms with E-state index in [9.17, 15) is 9.59 Å². The molecule has 25 heavy (non-hydrogen) atoms. The molecule has 1 saturated carbocycles. The molecular weight excluding hydrogens is 326 g/mol. The second-order valence-electron chi connectivity index (χ2n) is 6.74. The maximum atomic E-state index is 12.1. The molecule has 0 aromatic heterocycles. The Balaban J connectivity index is 1.61. The molecule has 1 heterocycles. The van der Waals surface area contributed by atoms with E-state index in [4.69, 9.17) is 18.9 Å². The van der Waals surface area contributed by atoms with E-state index >= 15 is 0 Å². The Kier molecular flexibility index (Phi) is 4.96. The first kappa shape index (κ1) is 17.7. The van der Waals surface area contributed by atoms with Gasteiger partial charge in [0.15, 0.2) is 5.79 Å². The van der Waals surface area contributed by atoms with Crippen LogP contribution in [0.4, 0.5) is 4.79 Å². The highest BCUT2D eigenvalue weighted by Gasteiger charge is 2.57. The third-order valence-electron chi connectivity index (χ3n) is 4.48. The largest absolute Gasteiger partial charge is 0.469 e. The number of rotatable bonds is 4. The van der Waals surface area contributed by atoms with Crippen LogP contribution in [0.25, 0.3) is 0 Å². The first-order chi connectivity index (χ1) is 11.9. The van der Waals surface area contributed by atoms with Crippen LogP contribution in [-0.2, 0) is 30.3 Å². The number of alkyl carbamates (subject to hydrolysis) is 1. The lowest BCUT2D eigenvalue weighted by atomic mass is 10.1. The van der Waals surface area contributed by atoms with Gasteiger partial charge in [-0.15, -0.1) is 0 Å². The molecule has 0 spiro atoms. The molecule has 4 atom stereocenters. The van der Waals surface area contributed by atoms with Crippen LogP contribution in [0.1, 0.15) is 25.8 Å². The molecule has 1 N–H and O–H groups in total. The van der Waals surface area contributed by atoms with Gasteiger partial charge in [0, 0.05) is 0 Å². The van der Waals surface area contributed by atoms with E-state index < -0.39 is 30.0 Å². The van der Waals surface area contributed by atoms with Gasteiger partial charge in [0.2, 0.25) is 0 Å². The summed E-state index contributed by atoms with van der Waals surface area (Å²) in [5.74, 6) is -1.65. The van der Waals surface area contributed by atoms with E-state index in [1.807, 2.05) is 30.3 Å². The number of carbonyl (C=O) groups is 2. The van der Waals surface area contributed by atoms with E-state index in [1.165, 1.54) is 7.11 Å². The van der Waals surface area contributed by atoms with E-state index in [0.29, 0.717) is 6.42 Å². The molecule has 2 fully saturated rings. The van der Waals surface area contributed by atoms with Crippen LogP contribution in [0, 0.1) is 5.92 Å². The lowest BCUT2D eigenvalue weighted by molar-refractivity contribution is -0.168. The van der Waals surface area contributed by atoms with Gasteiger partial charge in [0.1, 0.15) is 18.8 Å². The van der Waals surface area contributed by atoms with Crippen molar-refractivity contribution in [2.24, 2.45) is 5.92 Å². The second kappa shape index (κ2) is 7.01. The average molecular weight is 349 g/mol. The number of hydrogen-bond donors (Lipinski definition) is 1. The molecule has 136 valence electrons. The molecule has 7 nitrogen and oxygen atoms in total. The summed E-state index contributed by atoms with van der Waals surface area (Å²) in [5.41, 5.74) is 0.899. The molecule has 3 rings (SSSR count). The molecule has 0 unspecified atom stereocenters. The van der Waals surface area contributed by atoms with Crippen molar-refractivity contribution in [3.05, 3.63) is 35.9 Å². The lowest BCUT2D eigenvalue weighted by Gasteiger charge is -2.23. The monoisotopic (exact) mass is 349 g/mol. The van der Waals surface area contributed by atoms with Crippen molar-refractivity contribution >= 4 is 12.1 Å². The van der Waals surface area contributed by atoms with Gasteiger partial charge in [0.25, 0.3) is 0 Å². The van der Waals surface area contributed by atoms with E-state index in [0.717, 1.165) is 5.56 Å². The van der Waals surface area contributed by atoms with Crippen molar-refractivity contribution in [1.82, 2.24) is 5.32 Å². The SMILES string of the molecule is COC(=O)[C@@H]1C[C@H](NC(=O)OCc2ccccc2)[C@@H]2OC(C)(C)O[C@@H]21. The summed E-state index contributed by atoms with van der Waals surface area (Å²) in [7, 11) is 1.34. The number of nitrogens with one attached hydrogen (secondary N) is 1. The van der Waals surface area contributed by atoms with Crippen LogP contribution in [0.15, 0.2) is 30.3 Å². The number of hydrogen-bond acceptors (Lipinski definition) is 6. The van der Waals surface area contributed by atoms with Crippen LogP contribution in [0.5, 0.6) is 0 Å². The van der Waals surface area contributed by atoms with Gasteiger partial charge in [-0.1, -0.05) is 30.3 Å². The van der Waals surface area contributed by atoms with Gasteiger partial charge >= 0.3 is 12.1 Å². The first-order valence-corrected chi connectivity index (χ1v) is 8.30. The Labute approximate surface area is 146 Å². The van der Waals surface area contributed by atoms with Gasteiger partial charge in [-0.25, -0.2) is 4.79 Å². The van der Waals surface area contributed by atoms with Gasteiger partial charge in [-0.2, -0.15) is 0 Å². The number of fused-ring (bicyclic) bond motifs is 1. The Morgan fingerprint density at radius 3 is 2.56 bits per heavy atom. The molecule has 7 heteroatoms. The summed E-state index contributed by atoms with van der Waals surface area (Å²) >= 11 is 0. The van der Waals surface area contributed by atoms with Crippen molar-refractivity contribution in [3.8, 4) is 0 Å². The average Bonchev–Trinajstić information content (AvgIpc) is 3.07. The second-order valence-corrected chi connectivity index (χ2v) is 6.74. The minimum Gasteiger partial charge on any atom is -0.469 e. The highest BCUT2D eigenvalue weighted by Crippen LogP contribution is 2.42. The fraction of sp³-hybridized carbons (Fsp3) is 0.556. The van der Waals surface area contributed by atoms with Crippen molar-refractivity contribution in [1.29, 1.82) is 0 Å². The van der Waals surface area contributed by atoms with Gasteiger partial charge < -0.3 is 24.3 Å². The van der Waals surface area contributed by atoms with Crippen LogP contribution in [0.2, 0.25) is 0 Å². The zero-order chi connectivity index (χ0) is 18.0. The van der Waals surface area contributed by atoms with E-state index in [1.54, 1.807) is 13.8 Å². The van der Waals surface area contributed by atoms with Crippen molar-refractivity contribution < 1.29 is 28.5 Å². The van der Waals surface area contributed by atoms with Crippen LogP contribution in [0.3, 0.4) is 0 Å². The number of amides is 1.